The van der Waals surface area contributed by atoms with Gasteiger partial charge >= 0.3 is 5.97 Å². The van der Waals surface area contributed by atoms with Gasteiger partial charge in [0.15, 0.2) is 0 Å². The average Bonchev–Trinajstić information content (AvgIpc) is 3.83. The maximum atomic E-state index is 13.0. The summed E-state index contributed by atoms with van der Waals surface area (Å²) < 4.78 is 7.13. The molecule has 2 fully saturated rings. The summed E-state index contributed by atoms with van der Waals surface area (Å²) in [7, 11) is 0. The lowest BCUT2D eigenvalue weighted by Gasteiger charge is -2.10. The third-order valence-corrected chi connectivity index (χ3v) is 7.10. The molecule has 1 amide bonds. The fourth-order valence-electron chi connectivity index (χ4n) is 4.68. The van der Waals surface area contributed by atoms with Gasteiger partial charge in [-0.3, -0.25) is 4.79 Å². The van der Waals surface area contributed by atoms with Gasteiger partial charge in [0.2, 0.25) is 11.7 Å². The number of amides is 1. The number of aromatic nitrogens is 4. The van der Waals surface area contributed by atoms with Crippen molar-refractivity contribution in [2.24, 2.45) is 5.92 Å². The van der Waals surface area contributed by atoms with Crippen molar-refractivity contribution >= 4 is 40.8 Å². The van der Waals surface area contributed by atoms with Gasteiger partial charge in [-0.05, 0) is 67.3 Å². The number of carbonyl (C=O) groups excluding carboxylic acids is 2. The highest BCUT2D eigenvalue weighted by molar-refractivity contribution is 6.30. The molecule has 3 aromatic heterocycles. The van der Waals surface area contributed by atoms with E-state index in [1.165, 1.54) is 18.4 Å². The van der Waals surface area contributed by atoms with E-state index in [1.54, 1.807) is 13.0 Å². The maximum Gasteiger partial charge on any atom is 0.376 e. The van der Waals surface area contributed by atoms with Crippen LogP contribution in [0.15, 0.2) is 54.9 Å². The molecule has 9 nitrogen and oxygen atoms in total. The number of fused-ring (bicyclic) bond motifs is 1. The van der Waals surface area contributed by atoms with Crippen molar-refractivity contribution in [2.75, 3.05) is 17.2 Å². The number of benzene rings is 1. The monoisotopic (exact) mass is 530 g/mol. The van der Waals surface area contributed by atoms with Crippen LogP contribution in [0.5, 0.6) is 0 Å². The minimum absolute atomic E-state index is 0.105. The topological polar surface area (TPSA) is 111 Å². The normalized spacial score (nSPS) is 18.3. The van der Waals surface area contributed by atoms with E-state index in [4.69, 9.17) is 16.3 Å². The molecule has 2 aliphatic rings. The molecule has 6 rings (SSSR count). The highest BCUT2D eigenvalue weighted by Crippen LogP contribution is 2.48. The third-order valence-electron chi connectivity index (χ3n) is 6.86. The van der Waals surface area contributed by atoms with E-state index in [2.05, 4.69) is 37.8 Å². The van der Waals surface area contributed by atoms with Gasteiger partial charge < -0.3 is 19.8 Å². The summed E-state index contributed by atoms with van der Waals surface area (Å²) in [6.45, 7) is 2.28. The number of hydrogen-bond acceptors (Lipinski definition) is 7. The second-order valence-corrected chi connectivity index (χ2v) is 10.2. The Balaban J connectivity index is 1.17. The fourth-order valence-corrected chi connectivity index (χ4v) is 4.88. The zero-order valence-corrected chi connectivity index (χ0v) is 21.6. The molecule has 0 aliphatic heterocycles. The van der Waals surface area contributed by atoms with Crippen molar-refractivity contribution in [3.8, 4) is 0 Å². The summed E-state index contributed by atoms with van der Waals surface area (Å²) in [4.78, 5) is 38.6. The molecular weight excluding hydrogens is 504 g/mol. The molecule has 2 N–H and O–H groups in total. The van der Waals surface area contributed by atoms with Gasteiger partial charge in [-0.2, -0.15) is 0 Å². The highest BCUT2D eigenvalue weighted by Gasteiger charge is 2.44. The maximum absolute atomic E-state index is 13.0. The summed E-state index contributed by atoms with van der Waals surface area (Å²) in [5.74, 6) is 0.246. The van der Waals surface area contributed by atoms with Gasteiger partial charge in [0.25, 0.3) is 0 Å². The van der Waals surface area contributed by atoms with Gasteiger partial charge in [-0.25, -0.2) is 19.7 Å². The van der Waals surface area contributed by atoms with Crippen molar-refractivity contribution in [1.29, 1.82) is 0 Å². The molecule has 0 spiro atoms. The van der Waals surface area contributed by atoms with Crippen LogP contribution in [0.25, 0.3) is 5.65 Å². The summed E-state index contributed by atoms with van der Waals surface area (Å²) >= 11 is 6.11. The summed E-state index contributed by atoms with van der Waals surface area (Å²) in [5.41, 5.74) is 4.06. The van der Waals surface area contributed by atoms with Crippen LogP contribution in [-0.4, -0.2) is 37.8 Å². The fraction of sp³-hybridized carbons (Fsp3) is 0.321. The van der Waals surface area contributed by atoms with E-state index in [1.807, 2.05) is 40.9 Å². The molecule has 10 heteroatoms. The predicted molar refractivity (Wildman–Crippen MR) is 143 cm³/mol. The first-order valence-corrected chi connectivity index (χ1v) is 13.2. The van der Waals surface area contributed by atoms with Gasteiger partial charge in [-0.1, -0.05) is 29.8 Å². The number of ether oxygens (including phenoxy) is 1. The largest absolute Gasteiger partial charge is 0.460 e. The molecule has 0 unspecified atom stereocenters. The number of nitrogens with one attached hydrogen (secondary N) is 2. The number of esters is 1. The van der Waals surface area contributed by atoms with E-state index in [-0.39, 0.29) is 36.0 Å². The van der Waals surface area contributed by atoms with E-state index >= 15 is 0 Å². The molecule has 0 radical (unpaired) electrons. The zero-order chi connectivity index (χ0) is 26.2. The molecular formula is C28H27ClN6O3. The lowest BCUT2D eigenvalue weighted by atomic mass is 10.1. The number of imidazole rings is 1. The van der Waals surface area contributed by atoms with Crippen molar-refractivity contribution in [1.82, 2.24) is 19.4 Å². The van der Waals surface area contributed by atoms with Crippen LogP contribution >= 0.6 is 11.6 Å². The SMILES string of the molecule is CCOC(=O)c1nc(NCc2cn3cc(C4CC4)ccc3n2)cc(NC(=O)[C@H]2C[C@@H]2c2cccc(Cl)c2)n1. The van der Waals surface area contributed by atoms with Crippen LogP contribution in [0.4, 0.5) is 11.6 Å². The Morgan fingerprint density at radius 2 is 1.89 bits per heavy atom. The Labute approximate surface area is 224 Å². The Morgan fingerprint density at radius 3 is 2.68 bits per heavy atom. The molecule has 1 aromatic carbocycles. The first-order chi connectivity index (χ1) is 18.5. The number of nitrogens with zero attached hydrogens (tertiary/aromatic N) is 4. The quantitative estimate of drug-likeness (QED) is 0.287. The van der Waals surface area contributed by atoms with Crippen molar-refractivity contribution in [3.63, 3.8) is 0 Å². The van der Waals surface area contributed by atoms with Gasteiger partial charge in [0, 0.05) is 29.4 Å². The number of halogens is 1. The second kappa shape index (κ2) is 10.1. The molecule has 2 aliphatic carbocycles. The highest BCUT2D eigenvalue weighted by atomic mass is 35.5. The Morgan fingerprint density at radius 1 is 1.05 bits per heavy atom. The van der Waals surface area contributed by atoms with Crippen LogP contribution < -0.4 is 10.6 Å². The van der Waals surface area contributed by atoms with E-state index < -0.39 is 5.97 Å². The summed E-state index contributed by atoms with van der Waals surface area (Å²) in [6.07, 6.45) is 7.32. The summed E-state index contributed by atoms with van der Waals surface area (Å²) in [5, 5.41) is 6.70. The van der Waals surface area contributed by atoms with E-state index in [0.717, 1.165) is 23.3 Å². The smallest absolute Gasteiger partial charge is 0.376 e. The number of carbonyl (C=O) groups is 2. The lowest BCUT2D eigenvalue weighted by Crippen LogP contribution is -2.19. The molecule has 4 aromatic rings. The predicted octanol–water partition coefficient (Wildman–Crippen LogP) is 5.19. The number of anilines is 2. The van der Waals surface area contributed by atoms with Crippen LogP contribution in [0, 0.1) is 5.92 Å². The molecule has 0 bridgehead atoms. The molecule has 194 valence electrons. The molecule has 2 saturated carbocycles. The van der Waals surface area contributed by atoms with Crippen molar-refractivity contribution in [3.05, 3.63) is 82.5 Å². The van der Waals surface area contributed by atoms with Gasteiger partial charge in [0.1, 0.15) is 17.3 Å². The van der Waals surface area contributed by atoms with Crippen LogP contribution in [0.1, 0.15) is 65.5 Å². The van der Waals surface area contributed by atoms with Gasteiger partial charge in [-0.15, -0.1) is 0 Å². The minimum atomic E-state index is -0.657. The van der Waals surface area contributed by atoms with Crippen molar-refractivity contribution < 1.29 is 14.3 Å². The van der Waals surface area contributed by atoms with E-state index in [0.29, 0.717) is 23.3 Å². The Hall–Kier alpha value is -3.98. The van der Waals surface area contributed by atoms with Gasteiger partial charge in [0.05, 0.1) is 18.8 Å². The van der Waals surface area contributed by atoms with Crippen LogP contribution in [0.3, 0.4) is 0 Å². The summed E-state index contributed by atoms with van der Waals surface area (Å²) in [6, 6.07) is 13.3. The van der Waals surface area contributed by atoms with Crippen LogP contribution in [0.2, 0.25) is 5.02 Å². The first-order valence-electron chi connectivity index (χ1n) is 12.8. The third kappa shape index (κ3) is 5.33. The molecule has 2 atom stereocenters. The minimum Gasteiger partial charge on any atom is -0.460 e. The number of rotatable bonds is 9. The van der Waals surface area contributed by atoms with Crippen LogP contribution in [-0.2, 0) is 16.1 Å². The Kier molecular flexibility index (Phi) is 6.45. The number of pyridine rings is 1. The molecule has 0 saturated heterocycles. The second-order valence-electron chi connectivity index (χ2n) is 9.76. The first kappa shape index (κ1) is 24.4. The molecule has 38 heavy (non-hydrogen) atoms. The van der Waals surface area contributed by atoms with E-state index in [9.17, 15) is 9.59 Å². The zero-order valence-electron chi connectivity index (χ0n) is 20.9. The average molecular weight is 531 g/mol. The van der Waals surface area contributed by atoms with Crippen molar-refractivity contribution in [2.45, 2.75) is 44.6 Å². The number of hydrogen-bond donors (Lipinski definition) is 2. The standard InChI is InChI=1S/C28H27ClN6O3/c1-2-38-28(37)26-32-23(30-13-20-15-35-14-18(16-6-7-16)8-9-25(35)31-20)12-24(33-26)34-27(36)22-11-21(22)17-4-3-5-19(29)10-17/h3-5,8-10,12,14-16,21-22H,2,6-7,11,13H2,1H3,(H2,30,32,33,34,36)/t21-,22+/m1/s1. The lowest BCUT2D eigenvalue weighted by molar-refractivity contribution is -0.117. The molecule has 3 heterocycles. The Bertz CT molecular complexity index is 1530.